The van der Waals surface area contributed by atoms with E-state index in [-0.39, 0.29) is 29.2 Å². The summed E-state index contributed by atoms with van der Waals surface area (Å²) in [5.41, 5.74) is 16.3. The van der Waals surface area contributed by atoms with Crippen LogP contribution in [-0.4, -0.2) is 14.5 Å². The van der Waals surface area contributed by atoms with Crippen molar-refractivity contribution >= 4 is 66.1 Å². The molecule has 5 heterocycles. The fraction of sp³-hybridized carbons (Fsp3) is 0.228. The second-order valence-corrected chi connectivity index (χ2v) is 18.3. The first kappa shape index (κ1) is 35.7. The summed E-state index contributed by atoms with van der Waals surface area (Å²) in [7, 11) is 0. The molecule has 0 amide bonds. The van der Waals surface area contributed by atoms with Gasteiger partial charge in [0.15, 0.2) is 5.58 Å². The normalized spacial score (nSPS) is 13.4. The predicted octanol–water partition coefficient (Wildman–Crippen LogP) is 16.8. The summed E-state index contributed by atoms with van der Waals surface area (Å²) < 4.78 is 48.2. The molecule has 0 aliphatic carbocycles. The van der Waals surface area contributed by atoms with Crippen LogP contribution in [0.4, 0.5) is 0 Å². The molecule has 0 spiro atoms. The highest BCUT2D eigenvalue weighted by Crippen LogP contribution is 2.47. The summed E-state index contributed by atoms with van der Waals surface area (Å²) in [6.07, 6.45) is 1.91. The average Bonchev–Trinajstić information content (AvgIpc) is 4.07. The molecule has 0 radical (unpaired) electrons. The van der Waals surface area contributed by atoms with Crippen molar-refractivity contribution in [1.82, 2.24) is 14.5 Å². The van der Waals surface area contributed by atoms with Crippen LogP contribution in [0.1, 0.15) is 111 Å². The van der Waals surface area contributed by atoms with Crippen molar-refractivity contribution in [2.45, 2.75) is 85.9 Å². The van der Waals surface area contributed by atoms with Crippen molar-refractivity contribution in [3.63, 3.8) is 0 Å². The van der Waals surface area contributed by atoms with Crippen LogP contribution in [0.15, 0.2) is 135 Å². The lowest BCUT2D eigenvalue weighted by Gasteiger charge is -2.24. The quantitative estimate of drug-likeness (QED) is 0.153. The SMILES string of the molecule is [2H]C([2H])([2H])c1ccc(-c2nc3cc4occ(-c5c(C(C)C)cccc5C(C)C)c4cc3n2-c2c(C(C)C)cc(-c3ccccc3)cc2C(C)C)c2oc3nc4c(cc3c12)oc1ccccc14. The summed E-state index contributed by atoms with van der Waals surface area (Å²) >= 11 is 0. The van der Waals surface area contributed by atoms with Gasteiger partial charge in [-0.05, 0) is 117 Å². The van der Waals surface area contributed by atoms with Gasteiger partial charge in [-0.1, -0.05) is 122 Å². The van der Waals surface area contributed by atoms with Crippen molar-refractivity contribution in [2.24, 2.45) is 0 Å². The number of aryl methyl sites for hydroxylation is 1. The maximum Gasteiger partial charge on any atom is 0.228 e. The van der Waals surface area contributed by atoms with Crippen molar-refractivity contribution in [2.75, 3.05) is 0 Å². The fourth-order valence-electron chi connectivity index (χ4n) is 9.78. The van der Waals surface area contributed by atoms with Gasteiger partial charge >= 0.3 is 0 Å². The Morgan fingerprint density at radius 2 is 1.25 bits per heavy atom. The Kier molecular flexibility index (Phi) is 8.26. The van der Waals surface area contributed by atoms with E-state index in [2.05, 4.69) is 133 Å². The molecule has 11 rings (SSSR count). The molecule has 0 unspecified atom stereocenters. The highest BCUT2D eigenvalue weighted by Gasteiger charge is 2.28. The molecule has 0 N–H and O–H groups in total. The lowest BCUT2D eigenvalue weighted by atomic mass is 9.85. The predicted molar refractivity (Wildman–Crippen MR) is 261 cm³/mol. The van der Waals surface area contributed by atoms with Crippen molar-refractivity contribution in [3.05, 3.63) is 149 Å². The first-order chi connectivity index (χ1) is 31.7. The number of aromatic nitrogens is 3. The lowest BCUT2D eigenvalue weighted by molar-refractivity contribution is 0.617. The first-order valence-electron chi connectivity index (χ1n) is 23.7. The minimum atomic E-state index is -2.46. The maximum atomic E-state index is 8.76. The molecule has 312 valence electrons. The Hall–Kier alpha value is -6.92. The van der Waals surface area contributed by atoms with E-state index in [1.165, 1.54) is 16.7 Å². The monoisotopic (exact) mass is 828 g/mol. The van der Waals surface area contributed by atoms with Crippen LogP contribution < -0.4 is 0 Å². The van der Waals surface area contributed by atoms with Crippen LogP contribution in [0.3, 0.4) is 0 Å². The number of nitrogens with zero attached hydrogens (tertiary/aromatic N) is 3. The zero-order chi connectivity index (χ0) is 45.9. The molecule has 63 heavy (non-hydrogen) atoms. The zero-order valence-electron chi connectivity index (χ0n) is 39.9. The van der Waals surface area contributed by atoms with Crippen LogP contribution in [0.5, 0.6) is 0 Å². The van der Waals surface area contributed by atoms with E-state index in [1.807, 2.05) is 42.7 Å². The van der Waals surface area contributed by atoms with Crippen LogP contribution in [0.25, 0.3) is 105 Å². The van der Waals surface area contributed by atoms with Crippen LogP contribution in [0, 0.1) is 6.85 Å². The highest BCUT2D eigenvalue weighted by molar-refractivity contribution is 6.15. The third-order valence-electron chi connectivity index (χ3n) is 12.9. The summed E-state index contributed by atoms with van der Waals surface area (Å²) in [6.45, 7) is 15.5. The number of benzene rings is 6. The molecular formula is C57H51N3O3. The lowest BCUT2D eigenvalue weighted by Crippen LogP contribution is -2.09. The number of fused-ring (bicyclic) bond motifs is 8. The van der Waals surface area contributed by atoms with Gasteiger partial charge in [-0.2, -0.15) is 0 Å². The minimum Gasteiger partial charge on any atom is -0.464 e. The molecule has 0 saturated heterocycles. The van der Waals surface area contributed by atoms with Crippen molar-refractivity contribution in [3.8, 4) is 39.3 Å². The number of imidazole rings is 1. The Balaban J connectivity index is 1.28. The first-order valence-corrected chi connectivity index (χ1v) is 22.2. The third-order valence-corrected chi connectivity index (χ3v) is 12.9. The van der Waals surface area contributed by atoms with Crippen molar-refractivity contribution in [1.29, 1.82) is 0 Å². The second-order valence-electron chi connectivity index (χ2n) is 18.3. The number of hydrogen-bond donors (Lipinski definition) is 0. The van der Waals surface area contributed by atoms with E-state index in [0.717, 1.165) is 60.9 Å². The molecular weight excluding hydrogens is 775 g/mol. The average molecular weight is 829 g/mol. The van der Waals surface area contributed by atoms with E-state index >= 15 is 0 Å². The van der Waals surface area contributed by atoms with Crippen LogP contribution in [0.2, 0.25) is 0 Å². The van der Waals surface area contributed by atoms with Crippen molar-refractivity contribution < 1.29 is 17.4 Å². The molecule has 0 saturated carbocycles. The summed E-state index contributed by atoms with van der Waals surface area (Å²) in [6, 6.07) is 39.3. The van der Waals surface area contributed by atoms with E-state index in [9.17, 15) is 0 Å². The number of hydrogen-bond acceptors (Lipinski definition) is 5. The molecule has 5 aromatic heterocycles. The van der Waals surface area contributed by atoms with Gasteiger partial charge in [-0.3, -0.25) is 4.57 Å². The van der Waals surface area contributed by atoms with Gasteiger partial charge in [-0.15, -0.1) is 0 Å². The standard InChI is InChI=1S/C57H51N3O3/c1-30(2)37-19-15-20-38(31(3)4)52(37)45-29-61-49-28-46-47(26-43(45)49)60(54-41(32(5)6)24-36(25-42(54)33(7)8)35-16-11-10-12-17-35)56(58-46)40-23-22-34(9)51-44-27-50-53(59-57(44)63-55(40)51)39-18-13-14-21-48(39)62-50/h10-33H,1-9H3/i9D3. The van der Waals surface area contributed by atoms with Gasteiger partial charge in [0.25, 0.3) is 0 Å². The van der Waals surface area contributed by atoms with E-state index in [1.54, 1.807) is 6.07 Å². The minimum absolute atomic E-state index is 0.116. The molecule has 0 aliphatic heterocycles. The molecule has 6 aromatic carbocycles. The number of rotatable bonds is 8. The summed E-state index contributed by atoms with van der Waals surface area (Å²) in [5.74, 6) is 1.43. The Morgan fingerprint density at radius 1 is 0.556 bits per heavy atom. The van der Waals surface area contributed by atoms with E-state index < -0.39 is 6.85 Å². The van der Waals surface area contributed by atoms with Gasteiger partial charge in [0.1, 0.15) is 28.1 Å². The van der Waals surface area contributed by atoms with E-state index in [0.29, 0.717) is 50.1 Å². The maximum absolute atomic E-state index is 8.76. The third kappa shape index (κ3) is 6.06. The van der Waals surface area contributed by atoms with Gasteiger partial charge in [-0.25, -0.2) is 9.97 Å². The smallest absolute Gasteiger partial charge is 0.228 e. The fourth-order valence-corrected chi connectivity index (χ4v) is 9.78. The highest BCUT2D eigenvalue weighted by atomic mass is 16.3. The van der Waals surface area contributed by atoms with E-state index in [4.69, 9.17) is 27.3 Å². The number of para-hydroxylation sites is 1. The Labute approximate surface area is 371 Å². The van der Waals surface area contributed by atoms with Crippen LogP contribution in [-0.2, 0) is 0 Å². The number of pyridine rings is 1. The molecule has 11 aromatic rings. The topological polar surface area (TPSA) is 70.1 Å². The van der Waals surface area contributed by atoms with Crippen LogP contribution >= 0.6 is 0 Å². The number of furan rings is 3. The van der Waals surface area contributed by atoms with Gasteiger partial charge < -0.3 is 13.3 Å². The van der Waals surface area contributed by atoms with Gasteiger partial charge in [0.05, 0.1) is 33.9 Å². The summed E-state index contributed by atoms with van der Waals surface area (Å²) in [5, 5.41) is 2.88. The largest absolute Gasteiger partial charge is 0.464 e. The molecule has 0 aliphatic rings. The summed E-state index contributed by atoms with van der Waals surface area (Å²) in [4.78, 5) is 10.5. The van der Waals surface area contributed by atoms with Gasteiger partial charge in [0, 0.05) is 31.9 Å². The second kappa shape index (κ2) is 14.6. The molecule has 0 bridgehead atoms. The Morgan fingerprint density at radius 3 is 1.95 bits per heavy atom. The molecule has 0 fully saturated rings. The van der Waals surface area contributed by atoms with Gasteiger partial charge in [0.2, 0.25) is 5.71 Å². The zero-order valence-corrected chi connectivity index (χ0v) is 36.9. The Bertz CT molecular complexity index is 3660. The molecule has 6 nitrogen and oxygen atoms in total. The molecule has 6 heteroatoms. The molecule has 0 atom stereocenters.